The second-order valence-electron chi connectivity index (χ2n) is 3.89. The summed E-state index contributed by atoms with van der Waals surface area (Å²) in [5, 5.41) is 5.20. The Hall–Kier alpha value is -0.940. The maximum atomic E-state index is 11.8. The van der Waals surface area contributed by atoms with Crippen molar-refractivity contribution >= 4 is 17.2 Å². The van der Waals surface area contributed by atoms with Crippen molar-refractivity contribution in [2.45, 2.75) is 32.9 Å². The molecule has 1 rings (SSSR count). The van der Waals surface area contributed by atoms with Crippen LogP contribution < -0.4 is 5.32 Å². The summed E-state index contributed by atoms with van der Waals surface area (Å²) in [6.45, 7) is 5.56. The zero-order chi connectivity index (χ0) is 12.0. The molecule has 0 spiro atoms. The molecule has 0 aliphatic carbocycles. The first-order chi connectivity index (χ1) is 7.63. The average Bonchev–Trinajstić information content (AvgIpc) is 2.70. The molecule has 0 saturated carbocycles. The SMILES string of the molecule is CCNC(C)CC(=O)N(C)Cc1cscn1. The Bertz CT molecular complexity index is 313. The van der Waals surface area contributed by atoms with Crippen molar-refractivity contribution in [1.29, 1.82) is 0 Å². The molecule has 90 valence electrons. The second kappa shape index (κ2) is 6.60. The molecule has 0 radical (unpaired) electrons. The van der Waals surface area contributed by atoms with Gasteiger partial charge in [-0.3, -0.25) is 4.79 Å². The highest BCUT2D eigenvalue weighted by atomic mass is 32.1. The van der Waals surface area contributed by atoms with Crippen LogP contribution in [0.3, 0.4) is 0 Å². The topological polar surface area (TPSA) is 45.2 Å². The van der Waals surface area contributed by atoms with Gasteiger partial charge >= 0.3 is 0 Å². The summed E-state index contributed by atoms with van der Waals surface area (Å²) in [5.74, 6) is 0.154. The lowest BCUT2D eigenvalue weighted by molar-refractivity contribution is -0.130. The third-order valence-corrected chi connectivity index (χ3v) is 2.98. The van der Waals surface area contributed by atoms with Crippen molar-refractivity contribution in [2.75, 3.05) is 13.6 Å². The number of carbonyl (C=O) groups is 1. The number of nitrogens with one attached hydrogen (secondary N) is 1. The second-order valence-corrected chi connectivity index (χ2v) is 4.61. The largest absolute Gasteiger partial charge is 0.340 e. The molecular formula is C11H19N3OS. The van der Waals surface area contributed by atoms with Crippen LogP contribution in [0.2, 0.25) is 0 Å². The molecule has 4 nitrogen and oxygen atoms in total. The van der Waals surface area contributed by atoms with Crippen molar-refractivity contribution in [2.24, 2.45) is 0 Å². The van der Waals surface area contributed by atoms with Crippen LogP contribution in [0.25, 0.3) is 0 Å². The van der Waals surface area contributed by atoms with Gasteiger partial charge in [0.25, 0.3) is 0 Å². The molecule has 1 amide bonds. The number of thiazole rings is 1. The van der Waals surface area contributed by atoms with E-state index in [1.807, 2.05) is 26.3 Å². The molecule has 1 unspecified atom stereocenters. The molecule has 1 N–H and O–H groups in total. The Labute approximate surface area is 101 Å². The van der Waals surface area contributed by atoms with Gasteiger partial charge in [0, 0.05) is 24.9 Å². The molecule has 1 heterocycles. The van der Waals surface area contributed by atoms with Gasteiger partial charge in [0.1, 0.15) is 0 Å². The molecule has 0 aliphatic rings. The standard InChI is InChI=1S/C11H19N3OS/c1-4-12-9(2)5-11(15)14(3)6-10-7-16-8-13-10/h7-9,12H,4-6H2,1-3H3. The number of aromatic nitrogens is 1. The fraction of sp³-hybridized carbons (Fsp3) is 0.636. The van der Waals surface area contributed by atoms with E-state index in [1.54, 1.807) is 21.7 Å². The van der Waals surface area contributed by atoms with Gasteiger partial charge in [-0.25, -0.2) is 4.98 Å². The van der Waals surface area contributed by atoms with Crippen LogP contribution in [-0.4, -0.2) is 35.4 Å². The lowest BCUT2D eigenvalue weighted by Crippen LogP contribution is -2.34. The van der Waals surface area contributed by atoms with Crippen LogP contribution in [0.5, 0.6) is 0 Å². The van der Waals surface area contributed by atoms with Gasteiger partial charge in [0.2, 0.25) is 5.91 Å². The van der Waals surface area contributed by atoms with Crippen molar-refractivity contribution < 1.29 is 4.79 Å². The van der Waals surface area contributed by atoms with Crippen LogP contribution in [0.15, 0.2) is 10.9 Å². The molecule has 0 fully saturated rings. The summed E-state index contributed by atoms with van der Waals surface area (Å²) < 4.78 is 0. The molecule has 0 aliphatic heterocycles. The van der Waals surface area contributed by atoms with Gasteiger partial charge in [-0.15, -0.1) is 11.3 Å². The number of hydrogen-bond acceptors (Lipinski definition) is 4. The zero-order valence-corrected chi connectivity index (χ0v) is 10.9. The van der Waals surface area contributed by atoms with E-state index in [9.17, 15) is 4.79 Å². The van der Waals surface area contributed by atoms with E-state index < -0.39 is 0 Å². The molecule has 0 bridgehead atoms. The van der Waals surface area contributed by atoms with Crippen LogP contribution in [0.1, 0.15) is 26.0 Å². The van der Waals surface area contributed by atoms with Crippen LogP contribution in [-0.2, 0) is 11.3 Å². The first kappa shape index (κ1) is 13.1. The first-order valence-electron chi connectivity index (χ1n) is 5.48. The van der Waals surface area contributed by atoms with E-state index in [0.29, 0.717) is 13.0 Å². The highest BCUT2D eigenvalue weighted by Crippen LogP contribution is 2.06. The van der Waals surface area contributed by atoms with E-state index in [2.05, 4.69) is 10.3 Å². The monoisotopic (exact) mass is 241 g/mol. The van der Waals surface area contributed by atoms with Gasteiger partial charge in [0.15, 0.2) is 0 Å². The van der Waals surface area contributed by atoms with Gasteiger partial charge in [-0.05, 0) is 13.5 Å². The molecule has 1 aromatic heterocycles. The molecule has 0 saturated heterocycles. The molecule has 5 heteroatoms. The van der Waals surface area contributed by atoms with Gasteiger partial charge in [-0.2, -0.15) is 0 Å². The van der Waals surface area contributed by atoms with E-state index >= 15 is 0 Å². The lowest BCUT2D eigenvalue weighted by Gasteiger charge is -2.19. The van der Waals surface area contributed by atoms with Crippen molar-refractivity contribution in [1.82, 2.24) is 15.2 Å². The predicted octanol–water partition coefficient (Wildman–Crippen LogP) is 1.49. The van der Waals surface area contributed by atoms with Crippen molar-refractivity contribution in [3.8, 4) is 0 Å². The van der Waals surface area contributed by atoms with Crippen LogP contribution >= 0.6 is 11.3 Å². The quantitative estimate of drug-likeness (QED) is 0.820. The fourth-order valence-corrected chi connectivity index (χ4v) is 2.03. The van der Waals surface area contributed by atoms with Crippen LogP contribution in [0, 0.1) is 0 Å². The molecular weight excluding hydrogens is 222 g/mol. The Morgan fingerprint density at radius 3 is 3.00 bits per heavy atom. The number of amides is 1. The highest BCUT2D eigenvalue weighted by molar-refractivity contribution is 7.07. The Kier molecular flexibility index (Phi) is 5.42. The normalized spacial score (nSPS) is 12.4. The summed E-state index contributed by atoms with van der Waals surface area (Å²) in [6.07, 6.45) is 0.536. The van der Waals surface area contributed by atoms with Gasteiger partial charge in [0.05, 0.1) is 17.7 Å². The summed E-state index contributed by atoms with van der Waals surface area (Å²) in [7, 11) is 1.82. The number of rotatable bonds is 6. The minimum absolute atomic E-state index is 0.154. The fourth-order valence-electron chi connectivity index (χ4n) is 1.49. The van der Waals surface area contributed by atoms with Gasteiger partial charge < -0.3 is 10.2 Å². The molecule has 16 heavy (non-hydrogen) atoms. The predicted molar refractivity (Wildman–Crippen MR) is 66.3 cm³/mol. The number of hydrogen-bond donors (Lipinski definition) is 1. The summed E-state index contributed by atoms with van der Waals surface area (Å²) >= 11 is 1.55. The Balaban J connectivity index is 2.36. The number of carbonyl (C=O) groups excluding carboxylic acids is 1. The van der Waals surface area contributed by atoms with Crippen LogP contribution in [0.4, 0.5) is 0 Å². The maximum Gasteiger partial charge on any atom is 0.224 e. The van der Waals surface area contributed by atoms with Crippen molar-refractivity contribution in [3.63, 3.8) is 0 Å². The zero-order valence-electron chi connectivity index (χ0n) is 10.1. The minimum Gasteiger partial charge on any atom is -0.340 e. The Morgan fingerprint density at radius 2 is 2.44 bits per heavy atom. The van der Waals surface area contributed by atoms with E-state index in [4.69, 9.17) is 0 Å². The molecule has 1 aromatic rings. The smallest absolute Gasteiger partial charge is 0.224 e. The van der Waals surface area contributed by atoms with E-state index in [0.717, 1.165) is 12.2 Å². The number of nitrogens with zero attached hydrogens (tertiary/aromatic N) is 2. The summed E-state index contributed by atoms with van der Waals surface area (Å²) in [6, 6.07) is 0.232. The van der Waals surface area contributed by atoms with E-state index in [-0.39, 0.29) is 11.9 Å². The van der Waals surface area contributed by atoms with E-state index in [1.165, 1.54) is 0 Å². The summed E-state index contributed by atoms with van der Waals surface area (Å²) in [4.78, 5) is 17.7. The molecule has 1 atom stereocenters. The Morgan fingerprint density at radius 1 is 1.69 bits per heavy atom. The summed E-state index contributed by atoms with van der Waals surface area (Å²) in [5.41, 5.74) is 2.74. The minimum atomic E-state index is 0.154. The highest BCUT2D eigenvalue weighted by Gasteiger charge is 2.13. The van der Waals surface area contributed by atoms with Crippen molar-refractivity contribution in [3.05, 3.63) is 16.6 Å². The third kappa shape index (κ3) is 4.28. The first-order valence-corrected chi connectivity index (χ1v) is 6.42. The maximum absolute atomic E-state index is 11.8. The average molecular weight is 241 g/mol. The lowest BCUT2D eigenvalue weighted by atomic mass is 10.2. The van der Waals surface area contributed by atoms with Gasteiger partial charge in [-0.1, -0.05) is 6.92 Å². The molecule has 0 aromatic carbocycles. The third-order valence-electron chi connectivity index (χ3n) is 2.34.